The van der Waals surface area contributed by atoms with Crippen LogP contribution in [0.25, 0.3) is 10.9 Å². The third-order valence-electron chi connectivity index (χ3n) is 8.84. The number of nitrogens with zero attached hydrogens (tertiary/aromatic N) is 2. The molecule has 0 spiro atoms. The van der Waals surface area contributed by atoms with Crippen molar-refractivity contribution in [2.45, 2.75) is 76.0 Å². The van der Waals surface area contributed by atoms with Crippen molar-refractivity contribution in [2.75, 3.05) is 13.1 Å². The van der Waals surface area contributed by atoms with E-state index in [0.29, 0.717) is 28.3 Å². The fraction of sp³-hybridized carbons (Fsp3) is 0.368. The lowest BCUT2D eigenvalue weighted by Gasteiger charge is -2.26. The van der Waals surface area contributed by atoms with Crippen molar-refractivity contribution in [3.05, 3.63) is 89.1 Å². The maximum Gasteiger partial charge on any atom is 0.243 e. The quantitative estimate of drug-likeness (QED) is 0.0289. The second-order valence-electron chi connectivity index (χ2n) is 13.4. The zero-order valence-electron chi connectivity index (χ0n) is 31.5. The number of carbonyl (C=O) groups is 6. The summed E-state index contributed by atoms with van der Waals surface area (Å²) < 4.78 is 0. The number of halogens is 1. The van der Waals surface area contributed by atoms with Crippen LogP contribution >= 0.6 is 11.6 Å². The summed E-state index contributed by atoms with van der Waals surface area (Å²) >= 11 is 6.11. The van der Waals surface area contributed by atoms with E-state index >= 15 is 0 Å². The summed E-state index contributed by atoms with van der Waals surface area (Å²) in [6.45, 7) is 1.49. The van der Waals surface area contributed by atoms with E-state index in [0.717, 1.165) is 10.9 Å². The van der Waals surface area contributed by atoms with Crippen LogP contribution in [0, 0.1) is 0 Å². The molecule has 0 aliphatic heterocycles. The minimum atomic E-state index is -1.25. The molecular weight excluding hydrogens is 756 g/mol. The molecule has 0 radical (unpaired) electrons. The van der Waals surface area contributed by atoms with Crippen LogP contribution in [-0.2, 0) is 48.0 Å². The number of carbonyl (C=O) groups excluding carboxylic acids is 6. The Bertz CT molecular complexity index is 2010. The molecule has 0 fully saturated rings. The smallest absolute Gasteiger partial charge is 0.243 e. The van der Waals surface area contributed by atoms with E-state index in [-0.39, 0.29) is 56.9 Å². The van der Waals surface area contributed by atoms with E-state index < -0.39 is 60.2 Å². The van der Waals surface area contributed by atoms with Gasteiger partial charge < -0.3 is 53.8 Å². The van der Waals surface area contributed by atoms with Gasteiger partial charge in [0.25, 0.3) is 0 Å². The van der Waals surface area contributed by atoms with Gasteiger partial charge in [-0.25, -0.2) is 4.98 Å². The molecule has 0 bridgehead atoms. The number of fused-ring (bicyclic) bond motifs is 1. The number of primary amides is 1. The Labute approximate surface area is 333 Å². The molecule has 0 aliphatic carbocycles. The number of para-hydroxylation sites is 1. The van der Waals surface area contributed by atoms with Crippen molar-refractivity contribution < 1.29 is 28.8 Å². The summed E-state index contributed by atoms with van der Waals surface area (Å²) in [5.41, 5.74) is 19.0. The standard InChI is InChI=1S/C38H49ClN12O6/c1-2-6-33(53)48-31(17-25-19-43-21-47-25)37(57)50-29(15-22-10-12-24(39)13-11-22)36(56)49-28(9-5-14-44-38(41)42)35(55)51-30(34(54)46-20-32(40)52)16-23-18-45-27-8-4-3-7-26(23)27/h3-4,7-8,10-13,18-19,21,28-31,45H,2,5-6,9,14-17,20H2,1H3,(H2,40,52)(H,43,47)(H,46,54)(H,48,53)(H,49,56)(H,50,57)(H,51,55)(H4,41,42,44)/t28-,29-,30-,31-/m0/s1. The molecule has 0 aliphatic rings. The second kappa shape index (κ2) is 21.6. The number of benzene rings is 2. The molecular formula is C38H49ClN12O6. The highest BCUT2D eigenvalue weighted by atomic mass is 35.5. The van der Waals surface area contributed by atoms with E-state index in [1.807, 2.05) is 31.2 Å². The van der Waals surface area contributed by atoms with Crippen molar-refractivity contribution >= 4 is 63.9 Å². The van der Waals surface area contributed by atoms with Gasteiger partial charge in [0, 0.05) is 66.2 Å². The fourth-order valence-electron chi connectivity index (χ4n) is 6.00. The van der Waals surface area contributed by atoms with Crippen molar-refractivity contribution in [3.63, 3.8) is 0 Å². The van der Waals surface area contributed by atoms with E-state index in [1.54, 1.807) is 30.5 Å². The minimum Gasteiger partial charge on any atom is -0.370 e. The minimum absolute atomic E-state index is 0.0184. The highest BCUT2D eigenvalue weighted by Gasteiger charge is 2.32. The van der Waals surface area contributed by atoms with Crippen molar-refractivity contribution in [1.29, 1.82) is 0 Å². The lowest BCUT2D eigenvalue weighted by molar-refractivity contribution is -0.134. The number of aromatic nitrogens is 3. The SMILES string of the molecule is CCCC(=O)N[C@@H](Cc1cnc[nH]1)C(=O)N[C@@H](Cc1ccc(Cl)cc1)C(=O)N[C@@H](CCCN=C(N)N)C(=O)N[C@@H](Cc1c[nH]c2ccccc12)C(=O)NCC(N)=O. The number of nitrogens with two attached hydrogens (primary N) is 3. The van der Waals surface area contributed by atoms with E-state index in [1.165, 1.54) is 12.5 Å². The molecule has 0 unspecified atom stereocenters. The Morgan fingerprint density at radius 1 is 0.789 bits per heavy atom. The Balaban J connectivity index is 1.62. The molecule has 13 N–H and O–H groups in total. The molecule has 4 atom stereocenters. The van der Waals surface area contributed by atoms with Crippen LogP contribution in [-0.4, -0.2) is 93.6 Å². The van der Waals surface area contributed by atoms with Gasteiger partial charge in [-0.1, -0.05) is 48.9 Å². The summed E-state index contributed by atoms with van der Waals surface area (Å²) in [6, 6.07) is 9.28. The Hall–Kier alpha value is -6.43. The van der Waals surface area contributed by atoms with Crippen molar-refractivity contribution in [3.8, 4) is 0 Å². The molecule has 6 amide bonds. The van der Waals surface area contributed by atoms with Crippen LogP contribution in [0.15, 0.2) is 72.2 Å². The van der Waals surface area contributed by atoms with Gasteiger partial charge in [-0.05, 0) is 48.6 Å². The van der Waals surface area contributed by atoms with Crippen LogP contribution in [0.5, 0.6) is 0 Å². The van der Waals surface area contributed by atoms with Gasteiger partial charge in [-0.15, -0.1) is 0 Å². The summed E-state index contributed by atoms with van der Waals surface area (Å²) in [5, 5.41) is 14.7. The molecule has 2 aromatic carbocycles. The predicted molar refractivity (Wildman–Crippen MR) is 214 cm³/mol. The van der Waals surface area contributed by atoms with Gasteiger partial charge in [-0.2, -0.15) is 0 Å². The number of aliphatic imine (C=N–C) groups is 1. The van der Waals surface area contributed by atoms with Gasteiger partial charge in [-0.3, -0.25) is 33.8 Å². The molecule has 19 heteroatoms. The number of aromatic amines is 2. The number of H-pyrrole nitrogens is 2. The number of hydrogen-bond acceptors (Lipinski definition) is 8. The lowest BCUT2D eigenvalue weighted by Crippen LogP contribution is -2.59. The number of guanidine groups is 1. The summed E-state index contributed by atoms with van der Waals surface area (Å²) in [7, 11) is 0. The first-order valence-electron chi connectivity index (χ1n) is 18.4. The predicted octanol–water partition coefficient (Wildman–Crippen LogP) is -0.0333. The molecule has 0 saturated carbocycles. The van der Waals surface area contributed by atoms with Gasteiger partial charge in [0.2, 0.25) is 35.4 Å². The zero-order valence-corrected chi connectivity index (χ0v) is 32.2. The molecule has 4 rings (SSSR count). The summed E-state index contributed by atoms with van der Waals surface area (Å²) in [5.74, 6) is -4.08. The third kappa shape index (κ3) is 14.0. The van der Waals surface area contributed by atoms with Gasteiger partial charge in [0.05, 0.1) is 12.9 Å². The van der Waals surface area contributed by atoms with Crippen LogP contribution in [0.2, 0.25) is 5.02 Å². The molecule has 2 aromatic heterocycles. The largest absolute Gasteiger partial charge is 0.370 e. The molecule has 57 heavy (non-hydrogen) atoms. The Morgan fingerprint density at radius 2 is 1.44 bits per heavy atom. The van der Waals surface area contributed by atoms with Crippen LogP contribution in [0.1, 0.15) is 49.4 Å². The fourth-order valence-corrected chi connectivity index (χ4v) is 6.13. The van der Waals surface area contributed by atoms with Gasteiger partial charge in [0.15, 0.2) is 5.96 Å². The highest BCUT2D eigenvalue weighted by molar-refractivity contribution is 6.30. The highest BCUT2D eigenvalue weighted by Crippen LogP contribution is 2.19. The van der Waals surface area contributed by atoms with E-state index in [4.69, 9.17) is 28.8 Å². The first-order valence-corrected chi connectivity index (χ1v) is 18.8. The van der Waals surface area contributed by atoms with Gasteiger partial charge in [0.1, 0.15) is 24.2 Å². The van der Waals surface area contributed by atoms with E-state index in [9.17, 15) is 28.8 Å². The number of amides is 6. The average molecular weight is 805 g/mol. The average Bonchev–Trinajstić information content (AvgIpc) is 3.85. The number of nitrogens with one attached hydrogen (secondary N) is 7. The molecule has 0 saturated heterocycles. The first kappa shape index (κ1) is 43.3. The Morgan fingerprint density at radius 3 is 2.09 bits per heavy atom. The zero-order chi connectivity index (χ0) is 41.3. The normalized spacial score (nSPS) is 13.0. The van der Waals surface area contributed by atoms with Crippen molar-refractivity contribution in [2.24, 2.45) is 22.2 Å². The van der Waals surface area contributed by atoms with E-state index in [2.05, 4.69) is 46.5 Å². The van der Waals surface area contributed by atoms with Crippen LogP contribution < -0.4 is 43.8 Å². The maximum atomic E-state index is 14.2. The maximum absolute atomic E-state index is 14.2. The van der Waals surface area contributed by atoms with Crippen molar-refractivity contribution in [1.82, 2.24) is 41.5 Å². The summed E-state index contributed by atoms with van der Waals surface area (Å²) in [4.78, 5) is 93.8. The molecule has 4 aromatic rings. The number of hydrogen-bond donors (Lipinski definition) is 10. The molecule has 2 heterocycles. The second-order valence-corrected chi connectivity index (χ2v) is 13.8. The lowest BCUT2D eigenvalue weighted by atomic mass is 10.0. The molecule has 304 valence electrons. The third-order valence-corrected chi connectivity index (χ3v) is 9.09. The number of rotatable bonds is 22. The first-order chi connectivity index (χ1) is 27.3. The van der Waals surface area contributed by atoms with Gasteiger partial charge >= 0.3 is 0 Å². The topological polar surface area (TPSA) is 297 Å². The van der Waals surface area contributed by atoms with Crippen LogP contribution in [0.4, 0.5) is 0 Å². The summed E-state index contributed by atoms with van der Waals surface area (Å²) in [6.07, 6.45) is 5.73. The Kier molecular flexibility index (Phi) is 16.4. The van der Waals surface area contributed by atoms with Crippen LogP contribution in [0.3, 0.4) is 0 Å². The molecule has 18 nitrogen and oxygen atoms in total. The monoisotopic (exact) mass is 804 g/mol. The number of imidazole rings is 1.